The third kappa shape index (κ3) is 2.25. The molecule has 0 aliphatic carbocycles. The lowest BCUT2D eigenvalue weighted by molar-refractivity contribution is -0.0773. The smallest absolute Gasteiger partial charge is 0.0899 e. The fourth-order valence-electron chi connectivity index (χ4n) is 0.664. The summed E-state index contributed by atoms with van der Waals surface area (Å²) in [5, 5.41) is 27.0. The first kappa shape index (κ1) is 9.88. The van der Waals surface area contributed by atoms with Crippen LogP contribution in [0.1, 0.15) is 20.8 Å². The van der Waals surface area contributed by atoms with E-state index < -0.39 is 11.7 Å². The summed E-state index contributed by atoms with van der Waals surface area (Å²) in [6, 6.07) is 0. The average Bonchev–Trinajstić information content (AvgIpc) is 1.86. The first-order valence-corrected chi connectivity index (χ1v) is 3.43. The zero-order valence-corrected chi connectivity index (χ0v) is 6.70. The zero-order chi connectivity index (χ0) is 8.36. The molecule has 0 saturated carbocycles. The average molecular weight is 148 g/mol. The summed E-state index contributed by atoms with van der Waals surface area (Å²) in [6.07, 6.45) is -0.595. The molecule has 0 spiro atoms. The molecule has 0 amide bonds. The Hall–Kier alpha value is -0.120. The van der Waals surface area contributed by atoms with Crippen molar-refractivity contribution in [2.24, 2.45) is 5.92 Å². The maximum absolute atomic E-state index is 9.35. The fourth-order valence-corrected chi connectivity index (χ4v) is 0.664. The van der Waals surface area contributed by atoms with Gasteiger partial charge in [0.1, 0.15) is 0 Å². The van der Waals surface area contributed by atoms with E-state index in [1.807, 2.05) is 0 Å². The molecule has 0 aromatic heterocycles. The molecule has 0 fully saturated rings. The minimum Gasteiger partial charge on any atom is -0.393 e. The molecular formula is C7H16O3. The van der Waals surface area contributed by atoms with Gasteiger partial charge in [0.15, 0.2) is 0 Å². The van der Waals surface area contributed by atoms with E-state index in [1.54, 1.807) is 13.8 Å². The van der Waals surface area contributed by atoms with Gasteiger partial charge in [0, 0.05) is 5.92 Å². The van der Waals surface area contributed by atoms with Crippen LogP contribution in [0, 0.1) is 5.92 Å². The molecule has 0 bridgehead atoms. The molecule has 0 rings (SSSR count). The Balaban J connectivity index is 4.03. The number of hydrogen-bond donors (Lipinski definition) is 3. The Bertz CT molecular complexity index is 99.0. The van der Waals surface area contributed by atoms with Gasteiger partial charge >= 0.3 is 0 Å². The third-order valence-electron chi connectivity index (χ3n) is 2.02. The van der Waals surface area contributed by atoms with Gasteiger partial charge in [-0.3, -0.25) is 0 Å². The van der Waals surface area contributed by atoms with Crippen LogP contribution in [0.2, 0.25) is 0 Å². The van der Waals surface area contributed by atoms with Crippen molar-refractivity contribution in [1.82, 2.24) is 0 Å². The van der Waals surface area contributed by atoms with Crippen LogP contribution in [0.4, 0.5) is 0 Å². The normalized spacial score (nSPS) is 23.4. The molecule has 10 heavy (non-hydrogen) atoms. The van der Waals surface area contributed by atoms with Gasteiger partial charge in [0.25, 0.3) is 0 Å². The molecule has 3 unspecified atom stereocenters. The summed E-state index contributed by atoms with van der Waals surface area (Å²) in [4.78, 5) is 0. The van der Waals surface area contributed by atoms with Crippen molar-refractivity contribution in [1.29, 1.82) is 0 Å². The molecule has 0 aromatic carbocycles. The molecule has 0 heterocycles. The van der Waals surface area contributed by atoms with Gasteiger partial charge in [0.05, 0.1) is 18.3 Å². The third-order valence-corrected chi connectivity index (χ3v) is 2.02. The van der Waals surface area contributed by atoms with E-state index in [2.05, 4.69) is 0 Å². The van der Waals surface area contributed by atoms with Crippen LogP contribution < -0.4 is 0 Å². The van der Waals surface area contributed by atoms with Crippen molar-refractivity contribution in [2.75, 3.05) is 6.61 Å². The van der Waals surface area contributed by atoms with Crippen molar-refractivity contribution in [3.05, 3.63) is 0 Å². The van der Waals surface area contributed by atoms with Crippen LogP contribution in [0.15, 0.2) is 0 Å². The van der Waals surface area contributed by atoms with Crippen LogP contribution in [-0.4, -0.2) is 33.6 Å². The molecule has 0 aromatic rings. The summed E-state index contributed by atoms with van der Waals surface area (Å²) in [7, 11) is 0. The van der Waals surface area contributed by atoms with Crippen LogP contribution in [0.5, 0.6) is 0 Å². The van der Waals surface area contributed by atoms with Crippen LogP contribution >= 0.6 is 0 Å². The SMILES string of the molecule is CC(O)C(C)C(C)(O)CO. The van der Waals surface area contributed by atoms with Gasteiger partial charge in [-0.05, 0) is 13.8 Å². The molecule has 3 heteroatoms. The molecule has 3 N–H and O–H groups in total. The molecule has 62 valence electrons. The Labute approximate surface area is 61.3 Å². The minimum absolute atomic E-state index is 0.308. The van der Waals surface area contributed by atoms with E-state index in [-0.39, 0.29) is 12.5 Å². The topological polar surface area (TPSA) is 60.7 Å². The highest BCUT2D eigenvalue weighted by atomic mass is 16.3. The van der Waals surface area contributed by atoms with E-state index in [4.69, 9.17) is 10.2 Å². The summed E-state index contributed by atoms with van der Waals surface area (Å²) >= 11 is 0. The predicted molar refractivity (Wildman–Crippen MR) is 38.6 cm³/mol. The van der Waals surface area contributed by atoms with Crippen molar-refractivity contribution < 1.29 is 15.3 Å². The lowest BCUT2D eigenvalue weighted by Crippen LogP contribution is -2.42. The lowest BCUT2D eigenvalue weighted by Gasteiger charge is -2.29. The van der Waals surface area contributed by atoms with E-state index in [0.29, 0.717) is 0 Å². The number of rotatable bonds is 3. The maximum atomic E-state index is 9.35. The zero-order valence-electron chi connectivity index (χ0n) is 6.70. The van der Waals surface area contributed by atoms with Crippen LogP contribution in [-0.2, 0) is 0 Å². The second-order valence-electron chi connectivity index (χ2n) is 3.04. The van der Waals surface area contributed by atoms with Gasteiger partial charge in [-0.25, -0.2) is 0 Å². The monoisotopic (exact) mass is 148 g/mol. The molecule has 0 aliphatic rings. The summed E-state index contributed by atoms with van der Waals surface area (Å²) in [5.41, 5.74) is -1.17. The molecule has 3 atom stereocenters. The Kier molecular flexibility index (Phi) is 3.28. The highest BCUT2D eigenvalue weighted by Crippen LogP contribution is 2.18. The van der Waals surface area contributed by atoms with Gasteiger partial charge < -0.3 is 15.3 Å². The molecule has 3 nitrogen and oxygen atoms in total. The van der Waals surface area contributed by atoms with Crippen molar-refractivity contribution >= 4 is 0 Å². The quantitative estimate of drug-likeness (QED) is 0.517. The molecule has 0 aliphatic heterocycles. The van der Waals surface area contributed by atoms with E-state index >= 15 is 0 Å². The number of aliphatic hydroxyl groups excluding tert-OH is 2. The second kappa shape index (κ2) is 3.32. The molecular weight excluding hydrogens is 132 g/mol. The van der Waals surface area contributed by atoms with Gasteiger partial charge in [0.2, 0.25) is 0 Å². The second-order valence-corrected chi connectivity index (χ2v) is 3.04. The maximum Gasteiger partial charge on any atom is 0.0899 e. The molecule has 0 saturated heterocycles. The number of hydrogen-bond acceptors (Lipinski definition) is 3. The van der Waals surface area contributed by atoms with Gasteiger partial charge in [-0.15, -0.1) is 0 Å². The fraction of sp³-hybridized carbons (Fsp3) is 1.00. The minimum atomic E-state index is -1.17. The first-order valence-electron chi connectivity index (χ1n) is 3.43. The van der Waals surface area contributed by atoms with Gasteiger partial charge in [-0.1, -0.05) is 6.92 Å². The highest BCUT2D eigenvalue weighted by molar-refractivity contribution is 4.81. The van der Waals surface area contributed by atoms with E-state index in [9.17, 15) is 5.11 Å². The number of aliphatic hydroxyl groups is 3. The summed E-state index contributed by atoms with van der Waals surface area (Å²) in [6.45, 7) is 4.47. The van der Waals surface area contributed by atoms with E-state index in [1.165, 1.54) is 6.92 Å². The Morgan fingerprint density at radius 2 is 1.80 bits per heavy atom. The van der Waals surface area contributed by atoms with Crippen molar-refractivity contribution in [2.45, 2.75) is 32.5 Å². The van der Waals surface area contributed by atoms with Crippen LogP contribution in [0.25, 0.3) is 0 Å². The van der Waals surface area contributed by atoms with Crippen molar-refractivity contribution in [3.8, 4) is 0 Å². The predicted octanol–water partition coefficient (Wildman–Crippen LogP) is -0.253. The Morgan fingerprint density at radius 1 is 1.40 bits per heavy atom. The summed E-state index contributed by atoms with van der Waals surface area (Å²) in [5.74, 6) is -0.308. The standard InChI is InChI=1S/C7H16O3/c1-5(6(2)9)7(3,10)4-8/h5-6,8-10H,4H2,1-3H3. The first-order chi connectivity index (χ1) is 4.41. The molecule has 0 radical (unpaired) electrons. The van der Waals surface area contributed by atoms with Gasteiger partial charge in [-0.2, -0.15) is 0 Å². The largest absolute Gasteiger partial charge is 0.393 e. The van der Waals surface area contributed by atoms with E-state index in [0.717, 1.165) is 0 Å². The van der Waals surface area contributed by atoms with Crippen molar-refractivity contribution in [3.63, 3.8) is 0 Å². The van der Waals surface area contributed by atoms with Crippen LogP contribution in [0.3, 0.4) is 0 Å². The lowest BCUT2D eigenvalue weighted by atomic mass is 9.88. The summed E-state index contributed by atoms with van der Waals surface area (Å²) < 4.78 is 0. The Morgan fingerprint density at radius 3 is 1.90 bits per heavy atom. The highest BCUT2D eigenvalue weighted by Gasteiger charge is 2.30.